The second-order valence-electron chi connectivity index (χ2n) is 11.7. The summed E-state index contributed by atoms with van der Waals surface area (Å²) in [4.78, 5) is 13.4. The number of aromatic nitrogens is 1. The molecule has 0 radical (unpaired) electrons. The van der Waals surface area contributed by atoms with E-state index in [9.17, 15) is 18.1 Å². The van der Waals surface area contributed by atoms with Crippen molar-refractivity contribution < 1.29 is 22.9 Å². The second kappa shape index (κ2) is 12.5. The molecule has 6 nitrogen and oxygen atoms in total. The maximum Gasteiger partial charge on any atom is 0.268 e. The molecule has 2 fully saturated rings. The highest BCUT2D eigenvalue weighted by Gasteiger charge is 2.29. The van der Waals surface area contributed by atoms with E-state index in [1.54, 1.807) is 6.07 Å². The molecule has 2 aliphatic rings. The Bertz CT molecular complexity index is 1100. The molecule has 1 saturated heterocycles. The van der Waals surface area contributed by atoms with Crippen LogP contribution in [-0.2, 0) is 22.6 Å². The molecule has 1 aromatic heterocycles. The molecule has 1 unspecified atom stereocenters. The Morgan fingerprint density at radius 3 is 2.45 bits per heavy atom. The molecule has 38 heavy (non-hydrogen) atoms. The Balaban J connectivity index is 1.71. The highest BCUT2D eigenvalue weighted by atomic mass is 32.2. The zero-order valence-corrected chi connectivity index (χ0v) is 23.8. The van der Waals surface area contributed by atoms with Crippen LogP contribution >= 0.6 is 0 Å². The van der Waals surface area contributed by atoms with Crippen molar-refractivity contribution in [2.75, 3.05) is 13.2 Å². The van der Waals surface area contributed by atoms with Crippen molar-refractivity contribution in [3.05, 3.63) is 41.1 Å². The molecule has 0 bridgehead atoms. The number of amides is 1. The SMILES string of the molecule is Cc1c(C(=O)NC2CCOCC2)cc(-c2ccc([S+]([O-])NC(C)(C)C)c(C(F)F)c2)n1CC1CCCCC1. The van der Waals surface area contributed by atoms with Gasteiger partial charge in [0.25, 0.3) is 12.3 Å². The number of rotatable bonds is 8. The summed E-state index contributed by atoms with van der Waals surface area (Å²) >= 11 is -1.78. The third kappa shape index (κ3) is 7.17. The van der Waals surface area contributed by atoms with Gasteiger partial charge in [0, 0.05) is 37.2 Å². The van der Waals surface area contributed by atoms with E-state index in [1.807, 2.05) is 33.8 Å². The standard InChI is InChI=1S/C29H41F2N3O3S/c1-19-23(28(35)32-22-12-14-37-15-13-22)17-25(34(19)18-20-8-6-5-7-9-20)21-10-11-26(24(16-21)27(30)31)38(36)33-29(2,3)4/h10-11,16-17,20,22,27,33H,5-9,12-15,18H2,1-4H3,(H,32,35). The molecule has 210 valence electrons. The largest absolute Gasteiger partial charge is 0.593 e. The van der Waals surface area contributed by atoms with E-state index < -0.39 is 23.3 Å². The smallest absolute Gasteiger partial charge is 0.268 e. The van der Waals surface area contributed by atoms with Gasteiger partial charge in [0.2, 0.25) is 0 Å². The Labute approximate surface area is 228 Å². The van der Waals surface area contributed by atoms with Gasteiger partial charge < -0.3 is 19.2 Å². The average Bonchev–Trinajstić information content (AvgIpc) is 3.19. The number of nitrogens with one attached hydrogen (secondary N) is 2. The van der Waals surface area contributed by atoms with Crippen molar-refractivity contribution in [2.24, 2.45) is 5.92 Å². The third-order valence-electron chi connectivity index (χ3n) is 7.47. The quantitative estimate of drug-likeness (QED) is 0.379. The number of carbonyl (C=O) groups is 1. The zero-order chi connectivity index (χ0) is 27.4. The molecule has 1 saturated carbocycles. The van der Waals surface area contributed by atoms with Crippen molar-refractivity contribution in [3.8, 4) is 11.3 Å². The Morgan fingerprint density at radius 2 is 1.82 bits per heavy atom. The molecule has 1 aliphatic carbocycles. The first-order valence-corrected chi connectivity index (χ1v) is 14.9. The molecule has 2 heterocycles. The summed E-state index contributed by atoms with van der Waals surface area (Å²) in [6.07, 6.45) is 4.64. The number of nitrogens with zero attached hydrogens (tertiary/aromatic N) is 1. The fourth-order valence-electron chi connectivity index (χ4n) is 5.46. The molecule has 1 amide bonds. The van der Waals surface area contributed by atoms with Crippen LogP contribution in [-0.4, -0.2) is 39.8 Å². The maximum absolute atomic E-state index is 14.2. The molecule has 2 aromatic rings. The van der Waals surface area contributed by atoms with E-state index >= 15 is 0 Å². The zero-order valence-electron chi connectivity index (χ0n) is 22.9. The summed E-state index contributed by atoms with van der Waals surface area (Å²) < 4.78 is 51.8. The molecule has 1 aliphatic heterocycles. The van der Waals surface area contributed by atoms with Crippen LogP contribution in [0.15, 0.2) is 29.2 Å². The van der Waals surface area contributed by atoms with Crippen LogP contribution in [0.25, 0.3) is 11.3 Å². The lowest BCUT2D eigenvalue weighted by atomic mass is 9.89. The van der Waals surface area contributed by atoms with E-state index in [0.29, 0.717) is 30.3 Å². The number of carbonyl (C=O) groups excluding carboxylic acids is 1. The summed E-state index contributed by atoms with van der Waals surface area (Å²) in [7, 11) is 0. The third-order valence-corrected chi connectivity index (χ3v) is 9.04. The topological polar surface area (TPSA) is 78.3 Å². The van der Waals surface area contributed by atoms with Crippen molar-refractivity contribution in [1.82, 2.24) is 14.6 Å². The minimum Gasteiger partial charge on any atom is -0.593 e. The van der Waals surface area contributed by atoms with Gasteiger partial charge in [0.1, 0.15) is 0 Å². The lowest BCUT2D eigenvalue weighted by Gasteiger charge is -2.25. The Morgan fingerprint density at radius 1 is 1.13 bits per heavy atom. The van der Waals surface area contributed by atoms with Gasteiger partial charge in [-0.25, -0.2) is 8.78 Å². The van der Waals surface area contributed by atoms with E-state index in [1.165, 1.54) is 31.4 Å². The summed E-state index contributed by atoms with van der Waals surface area (Å²) in [6, 6.07) is 6.61. The van der Waals surface area contributed by atoms with Gasteiger partial charge in [-0.15, -0.1) is 4.72 Å². The molecule has 1 aromatic carbocycles. The van der Waals surface area contributed by atoms with Gasteiger partial charge in [-0.2, -0.15) is 0 Å². The van der Waals surface area contributed by atoms with Gasteiger partial charge in [-0.3, -0.25) is 4.79 Å². The van der Waals surface area contributed by atoms with Gasteiger partial charge in [-0.1, -0.05) is 19.3 Å². The summed E-state index contributed by atoms with van der Waals surface area (Å²) in [5, 5.41) is 3.15. The maximum atomic E-state index is 14.2. The molecule has 0 spiro atoms. The van der Waals surface area contributed by atoms with E-state index in [4.69, 9.17) is 4.74 Å². The lowest BCUT2D eigenvalue weighted by Crippen LogP contribution is -2.40. The van der Waals surface area contributed by atoms with Crippen molar-refractivity contribution >= 4 is 17.3 Å². The van der Waals surface area contributed by atoms with Crippen LogP contribution in [0.5, 0.6) is 0 Å². The van der Waals surface area contributed by atoms with Crippen LogP contribution in [0.2, 0.25) is 0 Å². The molecule has 1 atom stereocenters. The van der Waals surface area contributed by atoms with E-state index in [0.717, 1.165) is 43.6 Å². The fourth-order valence-corrected chi connectivity index (χ4v) is 6.68. The molecule has 4 rings (SSSR count). The minimum atomic E-state index is -2.78. The minimum absolute atomic E-state index is 0.0656. The predicted octanol–water partition coefficient (Wildman–Crippen LogP) is 6.30. The molecule has 2 N–H and O–H groups in total. The van der Waals surface area contributed by atoms with E-state index in [-0.39, 0.29) is 22.4 Å². The molecule has 9 heteroatoms. The van der Waals surface area contributed by atoms with E-state index in [2.05, 4.69) is 14.6 Å². The van der Waals surface area contributed by atoms with Crippen molar-refractivity contribution in [2.45, 2.75) is 102 Å². The normalized spacial score (nSPS) is 18.6. The second-order valence-corrected chi connectivity index (χ2v) is 12.9. The Hall–Kier alpha value is -1.94. The highest BCUT2D eigenvalue weighted by molar-refractivity contribution is 7.89. The van der Waals surface area contributed by atoms with Crippen molar-refractivity contribution in [1.29, 1.82) is 0 Å². The molecular formula is C29H41F2N3O3S. The fraction of sp³-hybridized carbons (Fsp3) is 0.621. The summed E-state index contributed by atoms with van der Waals surface area (Å²) in [5.41, 5.74) is 2.00. The first kappa shape index (κ1) is 29.1. The van der Waals surface area contributed by atoms with Gasteiger partial charge in [0.05, 0.1) is 28.0 Å². The lowest BCUT2D eigenvalue weighted by molar-refractivity contribution is 0.0696. The number of ether oxygens (including phenoxy) is 1. The van der Waals surface area contributed by atoms with Crippen LogP contribution in [0.3, 0.4) is 0 Å². The first-order valence-electron chi connectivity index (χ1n) is 13.7. The summed E-state index contributed by atoms with van der Waals surface area (Å²) in [6.45, 7) is 9.47. The number of hydrogen-bond acceptors (Lipinski definition) is 4. The number of alkyl halides is 2. The number of benzene rings is 1. The summed E-state index contributed by atoms with van der Waals surface area (Å²) in [5.74, 6) is 0.344. The predicted molar refractivity (Wildman–Crippen MR) is 147 cm³/mol. The average molecular weight is 550 g/mol. The van der Waals surface area contributed by atoms with Crippen LogP contribution in [0, 0.1) is 12.8 Å². The van der Waals surface area contributed by atoms with Gasteiger partial charge >= 0.3 is 0 Å². The first-order chi connectivity index (χ1) is 18.0. The van der Waals surface area contributed by atoms with Crippen molar-refractivity contribution in [3.63, 3.8) is 0 Å². The monoisotopic (exact) mass is 549 g/mol. The Kier molecular flexibility index (Phi) is 9.55. The number of halogens is 2. The highest BCUT2D eigenvalue weighted by Crippen LogP contribution is 2.35. The van der Waals surface area contributed by atoms with Crippen LogP contribution < -0.4 is 10.0 Å². The molecular weight excluding hydrogens is 508 g/mol. The number of hydrogen-bond donors (Lipinski definition) is 2. The van der Waals surface area contributed by atoms with Crippen LogP contribution in [0.1, 0.15) is 93.8 Å². The van der Waals surface area contributed by atoms with Gasteiger partial charge in [0.15, 0.2) is 4.90 Å². The van der Waals surface area contributed by atoms with Crippen LogP contribution in [0.4, 0.5) is 8.78 Å². The van der Waals surface area contributed by atoms with Gasteiger partial charge in [-0.05, 0) is 89.1 Å².